The average Bonchev–Trinajstić information content (AvgIpc) is 3.11. The van der Waals surface area contributed by atoms with E-state index >= 15 is 0 Å². The maximum absolute atomic E-state index is 12.8. The van der Waals surface area contributed by atoms with Crippen molar-refractivity contribution in [3.8, 4) is 5.75 Å². The smallest absolute Gasteiger partial charge is 0.329 e. The van der Waals surface area contributed by atoms with Crippen molar-refractivity contribution in [2.45, 2.75) is 25.0 Å². The molecule has 0 radical (unpaired) electrons. The molecular weight excluding hydrogens is 398 g/mol. The molecule has 2 aliphatic rings. The number of hydrogen-bond donors (Lipinski definition) is 1. The number of rotatable bonds is 6. The van der Waals surface area contributed by atoms with Gasteiger partial charge >= 0.3 is 6.03 Å². The molecule has 0 aliphatic carbocycles. The van der Waals surface area contributed by atoms with Crippen LogP contribution in [0.2, 0.25) is 0 Å². The molecule has 1 unspecified atom stereocenters. The van der Waals surface area contributed by atoms with Crippen LogP contribution in [-0.4, -0.2) is 55.6 Å². The van der Waals surface area contributed by atoms with Crippen molar-refractivity contribution in [2.24, 2.45) is 0 Å². The van der Waals surface area contributed by atoms with Crippen LogP contribution in [0.3, 0.4) is 0 Å². The van der Waals surface area contributed by atoms with E-state index in [4.69, 9.17) is 9.47 Å². The molecule has 1 N–H and O–H groups in total. The summed E-state index contributed by atoms with van der Waals surface area (Å²) in [6.45, 7) is 1.46. The number of imide groups is 1. The Morgan fingerprint density at radius 2 is 1.87 bits per heavy atom. The van der Waals surface area contributed by atoms with Crippen molar-refractivity contribution in [1.29, 1.82) is 0 Å². The van der Waals surface area contributed by atoms with Crippen molar-refractivity contribution < 1.29 is 23.9 Å². The van der Waals surface area contributed by atoms with Crippen LogP contribution in [0.25, 0.3) is 0 Å². The molecule has 31 heavy (non-hydrogen) atoms. The van der Waals surface area contributed by atoms with Crippen LogP contribution in [0.5, 0.6) is 5.75 Å². The van der Waals surface area contributed by atoms with Gasteiger partial charge in [-0.25, -0.2) is 9.69 Å². The third-order valence-corrected chi connectivity index (χ3v) is 5.59. The predicted molar refractivity (Wildman–Crippen MR) is 114 cm³/mol. The minimum absolute atomic E-state index is 0.0471. The molecule has 4 rings (SSSR count). The molecule has 8 nitrogen and oxygen atoms in total. The number of carbonyl (C=O) groups is 3. The quantitative estimate of drug-likeness (QED) is 0.722. The highest BCUT2D eigenvalue weighted by Gasteiger charge is 2.39. The van der Waals surface area contributed by atoms with Gasteiger partial charge < -0.3 is 19.7 Å². The fourth-order valence-electron chi connectivity index (χ4n) is 3.87. The third-order valence-electron chi connectivity index (χ3n) is 5.59. The van der Waals surface area contributed by atoms with Crippen LogP contribution in [0, 0.1) is 0 Å². The lowest BCUT2D eigenvalue weighted by molar-refractivity contribution is -0.139. The summed E-state index contributed by atoms with van der Waals surface area (Å²) in [4.78, 5) is 40.7. The molecule has 0 aromatic heterocycles. The molecule has 2 heterocycles. The Labute approximate surface area is 180 Å². The standard InChI is InChI=1S/C23H25N3O5/c1-30-18-9-7-17(8-10-18)26-22(28)19(24-23(26)29)11-12-21(27)25-13-14-31-20(15-25)16-5-3-2-4-6-16/h2-10,19-20H,11-15H2,1H3,(H,24,29)/t19-,20?/m0/s1. The zero-order valence-corrected chi connectivity index (χ0v) is 17.3. The molecule has 2 aromatic carbocycles. The van der Waals surface area contributed by atoms with Gasteiger partial charge in [0, 0.05) is 13.0 Å². The summed E-state index contributed by atoms with van der Waals surface area (Å²) in [5.74, 6) is 0.235. The van der Waals surface area contributed by atoms with Crippen molar-refractivity contribution >= 4 is 23.5 Å². The van der Waals surface area contributed by atoms with Gasteiger partial charge in [-0.15, -0.1) is 0 Å². The Balaban J connectivity index is 1.34. The molecule has 2 atom stereocenters. The summed E-state index contributed by atoms with van der Waals surface area (Å²) in [6, 6.07) is 15.3. The van der Waals surface area contributed by atoms with Gasteiger partial charge in [0.05, 0.1) is 25.9 Å². The molecule has 162 valence electrons. The van der Waals surface area contributed by atoms with E-state index in [0.29, 0.717) is 31.1 Å². The molecule has 2 fully saturated rings. The largest absolute Gasteiger partial charge is 0.497 e. The van der Waals surface area contributed by atoms with E-state index in [9.17, 15) is 14.4 Å². The maximum Gasteiger partial charge on any atom is 0.329 e. The fourth-order valence-corrected chi connectivity index (χ4v) is 3.87. The fraction of sp³-hybridized carbons (Fsp3) is 0.348. The second-order valence-corrected chi connectivity index (χ2v) is 7.52. The lowest BCUT2D eigenvalue weighted by atomic mass is 10.1. The topological polar surface area (TPSA) is 88.2 Å². The second kappa shape index (κ2) is 9.18. The van der Waals surface area contributed by atoms with E-state index in [2.05, 4.69) is 5.32 Å². The number of ether oxygens (including phenoxy) is 2. The summed E-state index contributed by atoms with van der Waals surface area (Å²) < 4.78 is 10.9. The van der Waals surface area contributed by atoms with Crippen molar-refractivity contribution in [1.82, 2.24) is 10.2 Å². The first-order valence-corrected chi connectivity index (χ1v) is 10.3. The number of urea groups is 1. The summed E-state index contributed by atoms with van der Waals surface area (Å²) in [5, 5.41) is 2.68. The lowest BCUT2D eigenvalue weighted by Gasteiger charge is -2.33. The molecule has 2 aliphatic heterocycles. The lowest BCUT2D eigenvalue weighted by Crippen LogP contribution is -2.43. The van der Waals surface area contributed by atoms with Crippen molar-refractivity contribution in [3.05, 3.63) is 60.2 Å². The molecule has 0 bridgehead atoms. The zero-order valence-electron chi connectivity index (χ0n) is 17.3. The van der Waals surface area contributed by atoms with E-state index in [-0.39, 0.29) is 30.8 Å². The second-order valence-electron chi connectivity index (χ2n) is 7.52. The first-order chi connectivity index (χ1) is 15.1. The van der Waals surface area contributed by atoms with E-state index in [1.807, 2.05) is 30.3 Å². The molecule has 2 saturated heterocycles. The van der Waals surface area contributed by atoms with Crippen molar-refractivity contribution in [2.75, 3.05) is 31.7 Å². The molecule has 2 aromatic rings. The first-order valence-electron chi connectivity index (χ1n) is 10.3. The number of morpholine rings is 1. The Hall–Kier alpha value is -3.39. The van der Waals surface area contributed by atoms with Crippen LogP contribution in [0.15, 0.2) is 54.6 Å². The minimum atomic E-state index is -0.718. The summed E-state index contributed by atoms with van der Waals surface area (Å²) in [5.41, 5.74) is 1.50. The van der Waals surface area contributed by atoms with Crippen LogP contribution in [-0.2, 0) is 14.3 Å². The number of nitrogens with zero attached hydrogens (tertiary/aromatic N) is 2. The highest BCUT2D eigenvalue weighted by Crippen LogP contribution is 2.25. The van der Waals surface area contributed by atoms with E-state index < -0.39 is 12.1 Å². The summed E-state index contributed by atoms with van der Waals surface area (Å²) in [7, 11) is 1.55. The highest BCUT2D eigenvalue weighted by atomic mass is 16.5. The van der Waals surface area contributed by atoms with Gasteiger partial charge in [-0.2, -0.15) is 0 Å². The van der Waals surface area contributed by atoms with Crippen LogP contribution in [0.4, 0.5) is 10.5 Å². The van der Waals surface area contributed by atoms with Crippen molar-refractivity contribution in [3.63, 3.8) is 0 Å². The van der Waals surface area contributed by atoms with Gasteiger partial charge in [-0.1, -0.05) is 30.3 Å². The SMILES string of the molecule is COc1ccc(N2C(=O)N[C@@H](CCC(=O)N3CCOC(c4ccccc4)C3)C2=O)cc1. The Morgan fingerprint density at radius 3 is 2.58 bits per heavy atom. The number of hydrogen-bond acceptors (Lipinski definition) is 5. The molecule has 0 saturated carbocycles. The summed E-state index contributed by atoms with van der Waals surface area (Å²) >= 11 is 0. The predicted octanol–water partition coefficient (Wildman–Crippen LogP) is 2.50. The monoisotopic (exact) mass is 423 g/mol. The van der Waals surface area contributed by atoms with Gasteiger partial charge in [-0.05, 0) is 36.2 Å². The van der Waals surface area contributed by atoms with E-state index in [1.165, 1.54) is 0 Å². The number of nitrogens with one attached hydrogen (secondary N) is 1. The minimum Gasteiger partial charge on any atom is -0.497 e. The highest BCUT2D eigenvalue weighted by molar-refractivity contribution is 6.21. The molecule has 4 amide bonds. The average molecular weight is 423 g/mol. The Morgan fingerprint density at radius 1 is 1.13 bits per heavy atom. The number of amides is 4. The number of methoxy groups -OCH3 is 1. The van der Waals surface area contributed by atoms with E-state index in [1.54, 1.807) is 36.3 Å². The number of anilines is 1. The van der Waals surface area contributed by atoms with Gasteiger partial charge in [0.25, 0.3) is 5.91 Å². The third kappa shape index (κ3) is 4.54. The normalized spacial score (nSPS) is 21.2. The van der Waals surface area contributed by atoms with Gasteiger partial charge in [-0.3, -0.25) is 9.59 Å². The number of carbonyl (C=O) groups excluding carboxylic acids is 3. The first kappa shape index (κ1) is 20.9. The zero-order chi connectivity index (χ0) is 21.8. The molecule has 8 heteroatoms. The Bertz CT molecular complexity index is 947. The number of benzene rings is 2. The molecular formula is C23H25N3O5. The Kier molecular flexibility index (Phi) is 6.18. The van der Waals surface area contributed by atoms with Gasteiger partial charge in [0.15, 0.2) is 0 Å². The van der Waals surface area contributed by atoms with Crippen LogP contribution in [0.1, 0.15) is 24.5 Å². The van der Waals surface area contributed by atoms with E-state index in [0.717, 1.165) is 10.5 Å². The summed E-state index contributed by atoms with van der Waals surface area (Å²) in [6.07, 6.45) is 0.273. The van der Waals surface area contributed by atoms with Crippen LogP contribution < -0.4 is 15.0 Å². The van der Waals surface area contributed by atoms with Gasteiger partial charge in [0.1, 0.15) is 17.9 Å². The van der Waals surface area contributed by atoms with Gasteiger partial charge in [0.2, 0.25) is 5.91 Å². The maximum atomic E-state index is 12.8. The van der Waals surface area contributed by atoms with Crippen LogP contribution >= 0.6 is 0 Å². The molecule has 0 spiro atoms.